The van der Waals surface area contributed by atoms with Crippen LogP contribution in [0, 0.1) is 16.0 Å². The number of rotatable bonds is 4. The van der Waals surface area contributed by atoms with Gasteiger partial charge in [-0.1, -0.05) is 13.0 Å². The summed E-state index contributed by atoms with van der Waals surface area (Å²) >= 11 is 0. The summed E-state index contributed by atoms with van der Waals surface area (Å²) in [7, 11) is 1.29. The van der Waals surface area contributed by atoms with E-state index in [0.29, 0.717) is 17.2 Å². The molecule has 1 aromatic carbocycles. The molecule has 1 aliphatic rings. The summed E-state index contributed by atoms with van der Waals surface area (Å²) in [6.45, 7) is 5.07. The molecule has 6 heteroatoms. The van der Waals surface area contributed by atoms with Crippen molar-refractivity contribution < 1.29 is 14.5 Å². The summed E-state index contributed by atoms with van der Waals surface area (Å²) in [4.78, 5) is 24.2. The van der Waals surface area contributed by atoms with Crippen molar-refractivity contribution in [2.75, 3.05) is 18.6 Å². The number of hydrogen-bond acceptors (Lipinski definition) is 5. The molecule has 0 aromatic heterocycles. The van der Waals surface area contributed by atoms with Gasteiger partial charge >= 0.3 is 5.97 Å². The molecule has 2 unspecified atom stereocenters. The van der Waals surface area contributed by atoms with Gasteiger partial charge in [-0.3, -0.25) is 10.1 Å². The lowest BCUT2D eigenvalue weighted by Gasteiger charge is -2.25. The summed E-state index contributed by atoms with van der Waals surface area (Å²) < 4.78 is 4.51. The van der Waals surface area contributed by atoms with Crippen LogP contribution >= 0.6 is 0 Å². The number of esters is 1. The lowest BCUT2D eigenvalue weighted by Crippen LogP contribution is -2.29. The normalized spacial score (nSPS) is 21.3. The summed E-state index contributed by atoms with van der Waals surface area (Å²) in [6, 6.07) is 5.29. The number of hydrogen-bond donors (Lipinski definition) is 0. The molecule has 1 aromatic rings. The fourth-order valence-corrected chi connectivity index (χ4v) is 2.70. The Morgan fingerprint density at radius 3 is 2.73 bits per heavy atom. The third-order valence-corrected chi connectivity index (χ3v) is 4.26. The van der Waals surface area contributed by atoms with Crippen LogP contribution in [-0.2, 0) is 9.53 Å². The van der Waals surface area contributed by atoms with Gasteiger partial charge in [-0.05, 0) is 37.0 Å². The summed E-state index contributed by atoms with van der Waals surface area (Å²) in [5, 5.41) is 11.4. The average Bonchev–Trinajstić information content (AvgIpc) is 2.84. The Balaban J connectivity index is 2.34. The molecule has 118 valence electrons. The topological polar surface area (TPSA) is 72.7 Å². The van der Waals surface area contributed by atoms with Gasteiger partial charge in [0.1, 0.15) is 5.69 Å². The van der Waals surface area contributed by atoms with E-state index < -0.39 is 5.97 Å². The Morgan fingerprint density at radius 2 is 2.18 bits per heavy atom. The number of carbonyl (C=O) groups excluding carboxylic acids is 1. The Bertz CT molecular complexity index is 612. The third kappa shape index (κ3) is 3.27. The fraction of sp³-hybridized carbons (Fsp3) is 0.438. The van der Waals surface area contributed by atoms with Gasteiger partial charge in [-0.15, -0.1) is 0 Å². The van der Waals surface area contributed by atoms with E-state index in [4.69, 9.17) is 0 Å². The first kappa shape index (κ1) is 16.0. The van der Waals surface area contributed by atoms with E-state index in [2.05, 4.69) is 23.5 Å². The van der Waals surface area contributed by atoms with Crippen molar-refractivity contribution in [2.24, 2.45) is 5.92 Å². The molecule has 1 saturated heterocycles. The van der Waals surface area contributed by atoms with Gasteiger partial charge in [-0.25, -0.2) is 4.79 Å². The minimum atomic E-state index is -0.492. The molecule has 0 spiro atoms. The van der Waals surface area contributed by atoms with E-state index in [1.54, 1.807) is 12.1 Å². The number of anilines is 1. The van der Waals surface area contributed by atoms with Crippen LogP contribution in [0.4, 0.5) is 11.4 Å². The highest BCUT2D eigenvalue weighted by Crippen LogP contribution is 2.36. The number of carbonyl (C=O) groups is 1. The number of nitro benzene ring substituents is 1. The monoisotopic (exact) mass is 304 g/mol. The van der Waals surface area contributed by atoms with Crippen molar-refractivity contribution in [3.63, 3.8) is 0 Å². The molecule has 0 amide bonds. The van der Waals surface area contributed by atoms with E-state index in [9.17, 15) is 14.9 Å². The molecule has 2 atom stereocenters. The van der Waals surface area contributed by atoms with Gasteiger partial charge in [0.15, 0.2) is 0 Å². The van der Waals surface area contributed by atoms with Gasteiger partial charge in [0, 0.05) is 24.7 Å². The Labute approximate surface area is 129 Å². The van der Waals surface area contributed by atoms with E-state index in [0.717, 1.165) is 13.0 Å². The zero-order valence-electron chi connectivity index (χ0n) is 13.0. The van der Waals surface area contributed by atoms with E-state index in [-0.39, 0.29) is 16.7 Å². The number of methoxy groups -OCH3 is 1. The van der Waals surface area contributed by atoms with Crippen molar-refractivity contribution in [3.8, 4) is 0 Å². The molecular weight excluding hydrogens is 284 g/mol. The van der Waals surface area contributed by atoms with Crippen molar-refractivity contribution in [1.29, 1.82) is 0 Å². The molecule has 0 saturated carbocycles. The van der Waals surface area contributed by atoms with Crippen molar-refractivity contribution in [1.82, 2.24) is 0 Å². The molecular formula is C16H20N2O4. The standard InChI is InChI=1S/C16H20N2O4/c1-11-8-9-17(12(11)2)14-6-4-13(5-7-16(19)22-3)10-15(14)18(20)21/h4-7,10-12H,8-9H2,1-3H3/b7-5+. The van der Waals surface area contributed by atoms with Gasteiger partial charge in [-0.2, -0.15) is 0 Å². The third-order valence-electron chi connectivity index (χ3n) is 4.26. The van der Waals surface area contributed by atoms with Crippen molar-refractivity contribution >= 4 is 23.4 Å². The molecule has 2 rings (SSSR count). The van der Waals surface area contributed by atoms with Crippen LogP contribution in [0.15, 0.2) is 24.3 Å². The minimum absolute atomic E-state index is 0.0629. The van der Waals surface area contributed by atoms with E-state index in [1.807, 2.05) is 0 Å². The minimum Gasteiger partial charge on any atom is -0.466 e. The Kier molecular flexibility index (Phi) is 4.80. The number of nitrogens with zero attached hydrogens (tertiary/aromatic N) is 2. The first-order valence-electron chi connectivity index (χ1n) is 7.25. The number of benzene rings is 1. The molecule has 0 radical (unpaired) electrons. The predicted molar refractivity (Wildman–Crippen MR) is 84.7 cm³/mol. The van der Waals surface area contributed by atoms with Crippen LogP contribution in [0.1, 0.15) is 25.8 Å². The number of nitro groups is 1. The number of ether oxygens (including phenoxy) is 1. The zero-order chi connectivity index (χ0) is 16.3. The van der Waals surface area contributed by atoms with Crippen molar-refractivity contribution in [3.05, 3.63) is 40.0 Å². The Hall–Kier alpha value is -2.37. The van der Waals surface area contributed by atoms with Gasteiger partial charge in [0.2, 0.25) is 0 Å². The summed E-state index contributed by atoms with van der Waals surface area (Å²) in [5.74, 6) is 0.0206. The lowest BCUT2D eigenvalue weighted by atomic mass is 10.0. The molecule has 1 aliphatic heterocycles. The predicted octanol–water partition coefficient (Wildman–Crippen LogP) is 3.02. The average molecular weight is 304 g/mol. The lowest BCUT2D eigenvalue weighted by molar-refractivity contribution is -0.384. The second-order valence-electron chi connectivity index (χ2n) is 5.56. The highest BCUT2D eigenvalue weighted by atomic mass is 16.6. The maximum Gasteiger partial charge on any atom is 0.330 e. The van der Waals surface area contributed by atoms with Gasteiger partial charge in [0.25, 0.3) is 5.69 Å². The highest BCUT2D eigenvalue weighted by molar-refractivity contribution is 5.87. The summed E-state index contributed by atoms with van der Waals surface area (Å²) in [6.07, 6.45) is 3.79. The quantitative estimate of drug-likeness (QED) is 0.370. The van der Waals surface area contributed by atoms with Crippen LogP contribution in [0.3, 0.4) is 0 Å². The maximum atomic E-state index is 11.4. The SMILES string of the molecule is COC(=O)/C=C/c1ccc(N2CCC(C)C2C)c([N+](=O)[O-])c1. The molecule has 0 bridgehead atoms. The first-order chi connectivity index (χ1) is 10.4. The molecule has 1 heterocycles. The van der Waals surface area contributed by atoms with Crippen LogP contribution in [-0.4, -0.2) is 30.6 Å². The molecule has 22 heavy (non-hydrogen) atoms. The molecule has 0 N–H and O–H groups in total. The second kappa shape index (κ2) is 6.60. The summed E-state index contributed by atoms with van der Waals surface area (Å²) in [5.41, 5.74) is 1.30. The highest BCUT2D eigenvalue weighted by Gasteiger charge is 2.31. The van der Waals surface area contributed by atoms with Crippen LogP contribution in [0.5, 0.6) is 0 Å². The molecule has 6 nitrogen and oxygen atoms in total. The van der Waals surface area contributed by atoms with E-state index in [1.165, 1.54) is 25.3 Å². The smallest absolute Gasteiger partial charge is 0.330 e. The van der Waals surface area contributed by atoms with Crippen LogP contribution in [0.2, 0.25) is 0 Å². The second-order valence-corrected chi connectivity index (χ2v) is 5.56. The maximum absolute atomic E-state index is 11.4. The first-order valence-corrected chi connectivity index (χ1v) is 7.25. The molecule has 0 aliphatic carbocycles. The van der Waals surface area contributed by atoms with Crippen LogP contribution in [0.25, 0.3) is 6.08 Å². The van der Waals surface area contributed by atoms with Crippen molar-refractivity contribution in [2.45, 2.75) is 26.3 Å². The van der Waals surface area contributed by atoms with Gasteiger partial charge < -0.3 is 9.64 Å². The Morgan fingerprint density at radius 1 is 1.45 bits per heavy atom. The van der Waals surface area contributed by atoms with Gasteiger partial charge in [0.05, 0.1) is 12.0 Å². The molecule has 1 fully saturated rings. The fourth-order valence-electron chi connectivity index (χ4n) is 2.70. The van der Waals surface area contributed by atoms with Crippen LogP contribution < -0.4 is 4.90 Å². The largest absolute Gasteiger partial charge is 0.466 e. The van der Waals surface area contributed by atoms with E-state index >= 15 is 0 Å². The zero-order valence-corrected chi connectivity index (χ0v) is 13.0.